The van der Waals surface area contributed by atoms with Crippen LogP contribution in [0.3, 0.4) is 0 Å². The minimum atomic E-state index is -0.321. The quantitative estimate of drug-likeness (QED) is 0.465. The summed E-state index contributed by atoms with van der Waals surface area (Å²) in [5.41, 5.74) is 1.59. The Morgan fingerprint density at radius 1 is 1.00 bits per heavy atom. The number of hydrogen-bond acceptors (Lipinski definition) is 4. The number of benzene rings is 3. The third-order valence-electron chi connectivity index (χ3n) is 4.54. The van der Waals surface area contributed by atoms with Crippen LogP contribution in [0, 0.1) is 0 Å². The highest BCUT2D eigenvalue weighted by molar-refractivity contribution is 6.31. The molecule has 0 atom stereocenters. The molecule has 0 radical (unpaired) electrons. The van der Waals surface area contributed by atoms with Crippen molar-refractivity contribution in [2.24, 2.45) is 0 Å². The van der Waals surface area contributed by atoms with Crippen LogP contribution in [-0.2, 0) is 11.3 Å². The number of nitrogens with one attached hydrogen (secondary N) is 2. The van der Waals surface area contributed by atoms with Gasteiger partial charge >= 0.3 is 0 Å². The highest BCUT2D eigenvalue weighted by atomic mass is 35.5. The summed E-state index contributed by atoms with van der Waals surface area (Å²) in [5.74, 6) is 0.808. The number of amides is 1. The van der Waals surface area contributed by atoms with Crippen LogP contribution in [0.15, 0.2) is 54.6 Å². The lowest BCUT2D eigenvalue weighted by atomic mass is 10.1. The van der Waals surface area contributed by atoms with Gasteiger partial charge in [0.15, 0.2) is 18.1 Å². The van der Waals surface area contributed by atoms with E-state index in [2.05, 4.69) is 28.8 Å². The van der Waals surface area contributed by atoms with Crippen molar-refractivity contribution >= 4 is 34.0 Å². The predicted molar refractivity (Wildman–Crippen MR) is 127 cm³/mol. The van der Waals surface area contributed by atoms with Crippen LogP contribution < -0.4 is 20.1 Å². The van der Waals surface area contributed by atoms with Crippen molar-refractivity contribution in [3.8, 4) is 11.5 Å². The summed E-state index contributed by atoms with van der Waals surface area (Å²) in [4.78, 5) is 12.1. The second kappa shape index (κ2) is 9.92. The first-order valence-electron chi connectivity index (χ1n) is 10.4. The molecule has 3 aromatic rings. The fourth-order valence-corrected chi connectivity index (χ4v) is 3.48. The fraction of sp³-hybridized carbons (Fsp3) is 0.320. The average molecular weight is 441 g/mol. The largest absolute Gasteiger partial charge is 0.490 e. The molecule has 0 bridgehead atoms. The summed E-state index contributed by atoms with van der Waals surface area (Å²) < 4.78 is 11.5. The average Bonchev–Trinajstić information content (AvgIpc) is 2.71. The zero-order valence-corrected chi connectivity index (χ0v) is 19.2. The molecule has 0 saturated carbocycles. The Morgan fingerprint density at radius 2 is 1.71 bits per heavy atom. The van der Waals surface area contributed by atoms with Crippen LogP contribution in [0.1, 0.15) is 33.3 Å². The van der Waals surface area contributed by atoms with Gasteiger partial charge in [0.05, 0.1) is 6.61 Å². The molecule has 3 rings (SSSR count). The van der Waals surface area contributed by atoms with Crippen molar-refractivity contribution < 1.29 is 14.3 Å². The molecule has 0 fully saturated rings. The number of hydrogen-bond donors (Lipinski definition) is 2. The molecule has 0 unspecified atom stereocenters. The summed E-state index contributed by atoms with van der Waals surface area (Å²) in [6.45, 7) is 8.56. The smallest absolute Gasteiger partial charge is 0.258 e. The molecule has 5 nitrogen and oxygen atoms in total. The van der Waals surface area contributed by atoms with Crippen molar-refractivity contribution in [1.82, 2.24) is 5.32 Å². The monoisotopic (exact) mass is 440 g/mol. The number of carbonyl (C=O) groups is 1. The fourth-order valence-electron chi connectivity index (χ4n) is 3.26. The summed E-state index contributed by atoms with van der Waals surface area (Å²) in [6.07, 6.45) is 0. The number of halogens is 1. The van der Waals surface area contributed by atoms with E-state index >= 15 is 0 Å². The van der Waals surface area contributed by atoms with Gasteiger partial charge in [-0.2, -0.15) is 0 Å². The van der Waals surface area contributed by atoms with Crippen LogP contribution in [0.2, 0.25) is 5.02 Å². The Bertz CT molecular complexity index is 1060. The van der Waals surface area contributed by atoms with E-state index in [-0.39, 0.29) is 18.1 Å². The SMILES string of the molecule is CCOc1cc(CNc2cccc3ccccc23)c(Cl)cc1OCC(=O)NC(C)(C)C. The molecule has 0 aliphatic heterocycles. The Balaban J connectivity index is 1.75. The summed E-state index contributed by atoms with van der Waals surface area (Å²) >= 11 is 6.53. The first kappa shape index (κ1) is 22.8. The molecule has 6 heteroatoms. The van der Waals surface area contributed by atoms with Crippen LogP contribution in [-0.4, -0.2) is 24.7 Å². The maximum Gasteiger partial charge on any atom is 0.258 e. The lowest BCUT2D eigenvalue weighted by Crippen LogP contribution is -2.43. The van der Waals surface area contributed by atoms with Crippen LogP contribution in [0.25, 0.3) is 10.8 Å². The third-order valence-corrected chi connectivity index (χ3v) is 4.90. The van der Waals surface area contributed by atoms with E-state index in [1.165, 1.54) is 5.39 Å². The van der Waals surface area contributed by atoms with Gasteiger partial charge in [-0.05, 0) is 50.8 Å². The van der Waals surface area contributed by atoms with E-state index in [1.54, 1.807) is 6.07 Å². The molecule has 31 heavy (non-hydrogen) atoms. The van der Waals surface area contributed by atoms with Crippen molar-refractivity contribution in [1.29, 1.82) is 0 Å². The van der Waals surface area contributed by atoms with Gasteiger partial charge in [-0.1, -0.05) is 48.0 Å². The van der Waals surface area contributed by atoms with Gasteiger partial charge < -0.3 is 20.1 Å². The zero-order chi connectivity index (χ0) is 22.4. The first-order chi connectivity index (χ1) is 14.8. The minimum absolute atomic E-state index is 0.110. The topological polar surface area (TPSA) is 59.6 Å². The molecule has 0 saturated heterocycles. The number of fused-ring (bicyclic) bond motifs is 1. The van der Waals surface area contributed by atoms with Gasteiger partial charge in [0.1, 0.15) is 0 Å². The molecule has 2 N–H and O–H groups in total. The standard InChI is InChI=1S/C25H29ClN2O3/c1-5-30-22-13-18(15-27-21-12-8-10-17-9-6-7-11-19(17)21)20(26)14-23(22)31-16-24(29)28-25(2,3)4/h6-14,27H,5,15-16H2,1-4H3,(H,28,29). The van der Waals surface area contributed by atoms with Crippen LogP contribution in [0.5, 0.6) is 11.5 Å². The first-order valence-corrected chi connectivity index (χ1v) is 10.8. The molecule has 0 aliphatic rings. The molecule has 164 valence electrons. The van der Waals surface area contributed by atoms with E-state index in [9.17, 15) is 4.79 Å². The van der Waals surface area contributed by atoms with Gasteiger partial charge in [0.25, 0.3) is 5.91 Å². The molecule has 0 heterocycles. The van der Waals surface area contributed by atoms with Crippen LogP contribution >= 0.6 is 11.6 Å². The van der Waals surface area contributed by atoms with Crippen molar-refractivity contribution in [3.05, 3.63) is 65.2 Å². The summed E-state index contributed by atoms with van der Waals surface area (Å²) in [7, 11) is 0. The number of ether oxygens (including phenoxy) is 2. The summed E-state index contributed by atoms with van der Waals surface area (Å²) in [5, 5.41) is 9.20. The molecular weight excluding hydrogens is 412 g/mol. The Labute approximate surface area is 188 Å². The molecule has 0 aromatic heterocycles. The van der Waals surface area contributed by atoms with Crippen molar-refractivity contribution in [2.75, 3.05) is 18.5 Å². The Morgan fingerprint density at radius 3 is 2.45 bits per heavy atom. The van der Waals surface area contributed by atoms with Gasteiger partial charge in [-0.3, -0.25) is 4.79 Å². The van der Waals surface area contributed by atoms with Gasteiger partial charge in [0, 0.05) is 34.2 Å². The zero-order valence-electron chi connectivity index (χ0n) is 18.4. The summed E-state index contributed by atoms with van der Waals surface area (Å²) in [6, 6.07) is 17.9. The third kappa shape index (κ3) is 6.28. The lowest BCUT2D eigenvalue weighted by Gasteiger charge is -2.21. The number of rotatable bonds is 8. The number of carbonyl (C=O) groups excluding carboxylic acids is 1. The van der Waals surface area contributed by atoms with Crippen LogP contribution in [0.4, 0.5) is 5.69 Å². The van der Waals surface area contributed by atoms with Gasteiger partial charge in [-0.15, -0.1) is 0 Å². The van der Waals surface area contributed by atoms with E-state index in [1.807, 2.05) is 58.0 Å². The van der Waals surface area contributed by atoms with Gasteiger partial charge in [-0.25, -0.2) is 0 Å². The van der Waals surface area contributed by atoms with E-state index < -0.39 is 0 Å². The maximum atomic E-state index is 12.1. The molecule has 0 aliphatic carbocycles. The molecule has 0 spiro atoms. The predicted octanol–water partition coefficient (Wildman–Crippen LogP) is 5.80. The Hall–Kier alpha value is -2.92. The van der Waals surface area contributed by atoms with E-state index in [0.29, 0.717) is 29.7 Å². The molecule has 1 amide bonds. The highest BCUT2D eigenvalue weighted by Gasteiger charge is 2.16. The van der Waals surface area contributed by atoms with Crippen molar-refractivity contribution in [3.63, 3.8) is 0 Å². The molecular formula is C25H29ClN2O3. The van der Waals surface area contributed by atoms with E-state index in [0.717, 1.165) is 16.6 Å². The second-order valence-corrected chi connectivity index (χ2v) is 8.70. The second-order valence-electron chi connectivity index (χ2n) is 8.29. The minimum Gasteiger partial charge on any atom is -0.490 e. The normalized spacial score (nSPS) is 11.3. The van der Waals surface area contributed by atoms with E-state index in [4.69, 9.17) is 21.1 Å². The lowest BCUT2D eigenvalue weighted by molar-refractivity contribution is -0.124. The Kier molecular flexibility index (Phi) is 7.29. The maximum absolute atomic E-state index is 12.1. The highest BCUT2D eigenvalue weighted by Crippen LogP contribution is 2.34. The number of anilines is 1. The van der Waals surface area contributed by atoms with Crippen molar-refractivity contribution in [2.45, 2.75) is 39.8 Å². The molecule has 3 aromatic carbocycles. The van der Waals surface area contributed by atoms with Gasteiger partial charge in [0.2, 0.25) is 0 Å².